The van der Waals surface area contributed by atoms with Crippen molar-refractivity contribution in [2.45, 2.75) is 57.4 Å². The molecule has 14 nitrogen and oxygen atoms in total. The SMILES string of the molecule is COC(=O)Cn1nc(-c2ccc(Cl)cc2)n(C[C@@H](O)C(C)(F)F)c1=O.COC(=O)Cn1nc(-c2ccc(Cl)cc2)n(C[C@H](O)C(F)(F)F)c1=O. The Kier molecular flexibility index (Phi) is 13.1. The molecule has 0 aliphatic heterocycles. The highest BCUT2D eigenvalue weighted by Gasteiger charge is 2.39. The van der Waals surface area contributed by atoms with Gasteiger partial charge in [0.05, 0.1) is 27.3 Å². The van der Waals surface area contributed by atoms with E-state index in [4.69, 9.17) is 23.2 Å². The molecule has 0 saturated heterocycles. The second-order valence-corrected chi connectivity index (χ2v) is 11.3. The molecule has 0 amide bonds. The average molecular weight is 755 g/mol. The molecule has 4 aromatic rings. The maximum absolute atomic E-state index is 13.3. The highest BCUT2D eigenvalue weighted by Crippen LogP contribution is 2.25. The lowest BCUT2D eigenvalue weighted by molar-refractivity contribution is -0.207. The molecule has 0 radical (unpaired) electrons. The van der Waals surface area contributed by atoms with Gasteiger partial charge in [-0.25, -0.2) is 27.7 Å². The molecule has 2 aromatic carbocycles. The monoisotopic (exact) mass is 754 g/mol. The Balaban J connectivity index is 0.000000270. The lowest BCUT2D eigenvalue weighted by Crippen LogP contribution is -2.38. The van der Waals surface area contributed by atoms with Gasteiger partial charge in [0.25, 0.3) is 5.92 Å². The van der Waals surface area contributed by atoms with Gasteiger partial charge in [0.15, 0.2) is 17.8 Å². The summed E-state index contributed by atoms with van der Waals surface area (Å²) in [5, 5.41) is 27.6. The van der Waals surface area contributed by atoms with Crippen molar-refractivity contribution < 1.29 is 51.2 Å². The lowest BCUT2D eigenvalue weighted by atomic mass is 10.2. The Morgan fingerprint density at radius 1 is 0.720 bits per heavy atom. The first-order chi connectivity index (χ1) is 23.3. The molecule has 0 fully saturated rings. The number of carbonyl (C=O) groups excluding carboxylic acids is 2. The summed E-state index contributed by atoms with van der Waals surface area (Å²) < 4.78 is 76.4. The van der Waals surface area contributed by atoms with E-state index in [-0.39, 0.29) is 11.6 Å². The van der Waals surface area contributed by atoms with Crippen molar-refractivity contribution in [1.29, 1.82) is 0 Å². The van der Waals surface area contributed by atoms with E-state index in [0.717, 1.165) is 23.5 Å². The number of aliphatic hydroxyl groups is 2. The molecule has 2 N–H and O–H groups in total. The fourth-order valence-electron chi connectivity index (χ4n) is 4.03. The number of hydrogen-bond donors (Lipinski definition) is 2. The van der Waals surface area contributed by atoms with Gasteiger partial charge in [-0.1, -0.05) is 23.2 Å². The van der Waals surface area contributed by atoms with Crippen LogP contribution in [0.1, 0.15) is 6.92 Å². The number of hydrogen-bond acceptors (Lipinski definition) is 10. The first kappa shape index (κ1) is 39.8. The number of nitrogens with zero attached hydrogens (tertiary/aromatic N) is 6. The van der Waals surface area contributed by atoms with Gasteiger partial charge in [0.2, 0.25) is 0 Å². The van der Waals surface area contributed by atoms with E-state index in [9.17, 15) is 51.3 Å². The molecule has 2 aromatic heterocycles. The lowest BCUT2D eigenvalue weighted by Gasteiger charge is -2.18. The summed E-state index contributed by atoms with van der Waals surface area (Å²) in [7, 11) is 2.24. The van der Waals surface area contributed by atoms with Gasteiger partial charge in [0.1, 0.15) is 19.2 Å². The number of ether oxygens (including phenoxy) is 2. The predicted molar refractivity (Wildman–Crippen MR) is 167 cm³/mol. The van der Waals surface area contributed by atoms with Crippen molar-refractivity contribution >= 4 is 35.1 Å². The second-order valence-electron chi connectivity index (χ2n) is 10.4. The van der Waals surface area contributed by atoms with Crippen LogP contribution in [0.2, 0.25) is 10.0 Å². The van der Waals surface area contributed by atoms with Gasteiger partial charge in [-0.2, -0.15) is 13.2 Å². The fourth-order valence-corrected chi connectivity index (χ4v) is 4.28. The number of benzene rings is 2. The van der Waals surface area contributed by atoms with Crippen LogP contribution >= 0.6 is 23.2 Å². The zero-order valence-electron chi connectivity index (χ0n) is 26.3. The molecule has 2 atom stereocenters. The van der Waals surface area contributed by atoms with E-state index >= 15 is 0 Å². The summed E-state index contributed by atoms with van der Waals surface area (Å²) in [6.45, 7) is -2.28. The summed E-state index contributed by atoms with van der Waals surface area (Å²) in [6.07, 6.45) is -9.79. The molecule has 0 aliphatic rings. The number of aromatic nitrogens is 6. The van der Waals surface area contributed by atoms with Crippen molar-refractivity contribution in [2.24, 2.45) is 0 Å². The number of carbonyl (C=O) groups is 2. The summed E-state index contributed by atoms with van der Waals surface area (Å²) in [6, 6.07) is 12.0. The Bertz CT molecular complexity index is 1760. The van der Waals surface area contributed by atoms with Gasteiger partial charge in [0, 0.05) is 28.1 Å². The van der Waals surface area contributed by atoms with Gasteiger partial charge < -0.3 is 19.7 Å². The van der Waals surface area contributed by atoms with Crippen LogP contribution in [0, 0.1) is 0 Å². The van der Waals surface area contributed by atoms with Gasteiger partial charge in [-0.05, 0) is 48.5 Å². The Labute approximate surface area is 288 Å². The van der Waals surface area contributed by atoms with Crippen LogP contribution < -0.4 is 11.4 Å². The molecule has 21 heteroatoms. The standard InChI is InChI=1S/C15H16ClF2N3O4.C14H13ClF3N3O4/c1-15(17,18)11(22)7-20-13(9-3-5-10(16)6-4-9)19-21(14(20)24)8-12(23)25-2;1-25-11(23)7-21-13(24)20(6-10(22)14(16,17)18)12(19-21)8-2-4-9(15)5-3-8/h3-6,11,22H,7-8H2,1-2H3;2-5,10,22H,6-7H2,1H3/t11-;10-/m10/s1. The van der Waals surface area contributed by atoms with Crippen molar-refractivity contribution in [1.82, 2.24) is 28.7 Å². The number of alkyl halides is 5. The van der Waals surface area contributed by atoms with Crippen molar-refractivity contribution in [3.63, 3.8) is 0 Å². The highest BCUT2D eigenvalue weighted by molar-refractivity contribution is 6.30. The summed E-state index contributed by atoms with van der Waals surface area (Å²) in [5.74, 6) is -5.06. The van der Waals surface area contributed by atoms with E-state index < -0.39 is 73.8 Å². The van der Waals surface area contributed by atoms with E-state index in [1.54, 1.807) is 12.1 Å². The molecule has 0 aliphatic carbocycles. The largest absolute Gasteiger partial charge is 0.468 e. The number of esters is 2. The van der Waals surface area contributed by atoms with Crippen molar-refractivity contribution in [3.8, 4) is 22.8 Å². The fraction of sp³-hybridized carbons (Fsp3) is 0.379. The first-order valence-corrected chi connectivity index (χ1v) is 14.8. The average Bonchev–Trinajstić information content (AvgIpc) is 3.51. The summed E-state index contributed by atoms with van der Waals surface area (Å²) in [4.78, 5) is 47.4. The zero-order valence-corrected chi connectivity index (χ0v) is 27.8. The van der Waals surface area contributed by atoms with Crippen LogP contribution in [0.4, 0.5) is 22.0 Å². The molecule has 0 bridgehead atoms. The van der Waals surface area contributed by atoms with Gasteiger partial charge in [-0.3, -0.25) is 18.7 Å². The van der Waals surface area contributed by atoms with Crippen LogP contribution in [-0.2, 0) is 45.2 Å². The van der Waals surface area contributed by atoms with E-state index in [1.807, 2.05) is 0 Å². The van der Waals surface area contributed by atoms with Crippen LogP contribution in [-0.4, -0.2) is 89.4 Å². The topological polar surface area (TPSA) is 173 Å². The van der Waals surface area contributed by atoms with Gasteiger partial charge >= 0.3 is 29.5 Å². The molecular formula is C29H29Cl2F5N6O8. The van der Waals surface area contributed by atoms with Crippen LogP contribution in [0.15, 0.2) is 58.1 Å². The third kappa shape index (κ3) is 10.2. The molecule has 0 unspecified atom stereocenters. The number of aliphatic hydroxyl groups excluding tert-OH is 2. The van der Waals surface area contributed by atoms with E-state index in [2.05, 4.69) is 19.7 Å². The minimum atomic E-state index is -4.92. The number of rotatable bonds is 11. The quantitative estimate of drug-likeness (QED) is 0.171. The first-order valence-electron chi connectivity index (χ1n) is 14.1. The highest BCUT2D eigenvalue weighted by atomic mass is 35.5. The molecule has 50 heavy (non-hydrogen) atoms. The molecule has 2 heterocycles. The number of halogens is 7. The van der Waals surface area contributed by atoms with E-state index in [0.29, 0.717) is 37.3 Å². The maximum Gasteiger partial charge on any atom is 0.416 e. The normalized spacial score (nSPS) is 12.9. The summed E-state index contributed by atoms with van der Waals surface area (Å²) in [5.41, 5.74) is -1.10. The van der Waals surface area contributed by atoms with Gasteiger partial charge in [-0.15, -0.1) is 10.2 Å². The smallest absolute Gasteiger partial charge is 0.416 e. The van der Waals surface area contributed by atoms with Crippen LogP contribution in [0.25, 0.3) is 22.8 Å². The van der Waals surface area contributed by atoms with Crippen molar-refractivity contribution in [2.75, 3.05) is 14.2 Å². The predicted octanol–water partition coefficient (Wildman–Crippen LogP) is 3.02. The Hall–Kier alpha value is -4.59. The Morgan fingerprint density at radius 2 is 1.06 bits per heavy atom. The van der Waals surface area contributed by atoms with Crippen LogP contribution in [0.3, 0.4) is 0 Å². The molecular weight excluding hydrogens is 726 g/mol. The molecule has 0 saturated carbocycles. The Morgan fingerprint density at radius 3 is 1.36 bits per heavy atom. The van der Waals surface area contributed by atoms with Crippen LogP contribution in [0.5, 0.6) is 0 Å². The third-order valence-corrected chi connectivity index (χ3v) is 7.24. The maximum atomic E-state index is 13.3. The van der Waals surface area contributed by atoms with Crippen molar-refractivity contribution in [3.05, 3.63) is 79.5 Å². The zero-order chi connectivity index (χ0) is 37.6. The molecule has 272 valence electrons. The minimum Gasteiger partial charge on any atom is -0.468 e. The third-order valence-electron chi connectivity index (χ3n) is 6.74. The summed E-state index contributed by atoms with van der Waals surface area (Å²) >= 11 is 11.6. The number of methoxy groups -OCH3 is 2. The molecule has 0 spiro atoms. The minimum absolute atomic E-state index is 0.0221. The molecule has 4 rings (SSSR count). The van der Waals surface area contributed by atoms with E-state index in [1.165, 1.54) is 36.4 Å². The second kappa shape index (κ2) is 16.4.